The van der Waals surface area contributed by atoms with Gasteiger partial charge < -0.3 is 9.84 Å². The SMILES string of the molecule is COC(=O)c1cccc(-c2cccc(Cl)c2O)c1. The van der Waals surface area contributed by atoms with Crippen LogP contribution in [-0.2, 0) is 4.74 Å². The highest BCUT2D eigenvalue weighted by atomic mass is 35.5. The van der Waals surface area contributed by atoms with Crippen LogP contribution < -0.4 is 0 Å². The molecular formula is C14H11ClO3. The molecule has 0 aromatic heterocycles. The van der Waals surface area contributed by atoms with Crippen LogP contribution in [-0.4, -0.2) is 18.2 Å². The molecule has 1 N–H and O–H groups in total. The van der Waals surface area contributed by atoms with Crippen molar-refractivity contribution in [2.75, 3.05) is 7.11 Å². The molecule has 0 saturated heterocycles. The van der Waals surface area contributed by atoms with Crippen LogP contribution in [0.5, 0.6) is 5.75 Å². The van der Waals surface area contributed by atoms with Gasteiger partial charge in [-0.2, -0.15) is 0 Å². The van der Waals surface area contributed by atoms with Crippen LogP contribution in [0.15, 0.2) is 42.5 Å². The lowest BCUT2D eigenvalue weighted by atomic mass is 10.0. The number of halogens is 1. The molecule has 2 aromatic carbocycles. The van der Waals surface area contributed by atoms with Crippen LogP contribution in [0.2, 0.25) is 5.02 Å². The molecule has 0 bridgehead atoms. The monoisotopic (exact) mass is 262 g/mol. The highest BCUT2D eigenvalue weighted by molar-refractivity contribution is 6.32. The fourth-order valence-corrected chi connectivity index (χ4v) is 1.85. The van der Waals surface area contributed by atoms with Gasteiger partial charge in [-0.1, -0.05) is 35.9 Å². The van der Waals surface area contributed by atoms with Crippen molar-refractivity contribution in [3.8, 4) is 16.9 Å². The van der Waals surface area contributed by atoms with E-state index in [0.717, 1.165) is 0 Å². The molecule has 92 valence electrons. The van der Waals surface area contributed by atoms with Crippen LogP contribution in [0.1, 0.15) is 10.4 Å². The average Bonchev–Trinajstić information content (AvgIpc) is 2.41. The third kappa shape index (κ3) is 2.31. The van der Waals surface area contributed by atoms with Gasteiger partial charge in [0.05, 0.1) is 17.7 Å². The zero-order chi connectivity index (χ0) is 13.1. The number of aromatic hydroxyl groups is 1. The van der Waals surface area contributed by atoms with E-state index in [1.807, 2.05) is 0 Å². The summed E-state index contributed by atoms with van der Waals surface area (Å²) in [6.45, 7) is 0. The van der Waals surface area contributed by atoms with Crippen molar-refractivity contribution in [2.24, 2.45) is 0 Å². The number of hydrogen-bond acceptors (Lipinski definition) is 3. The molecule has 2 aromatic rings. The molecule has 0 aliphatic heterocycles. The Balaban J connectivity index is 2.51. The van der Waals surface area contributed by atoms with Gasteiger partial charge in [0.2, 0.25) is 0 Å². The fourth-order valence-electron chi connectivity index (χ4n) is 1.68. The first-order valence-corrected chi connectivity index (χ1v) is 5.67. The minimum Gasteiger partial charge on any atom is -0.506 e. The first kappa shape index (κ1) is 12.5. The Hall–Kier alpha value is -2.00. The Labute approximate surface area is 110 Å². The van der Waals surface area contributed by atoms with E-state index in [-0.39, 0.29) is 10.8 Å². The quantitative estimate of drug-likeness (QED) is 0.843. The molecule has 4 heteroatoms. The van der Waals surface area contributed by atoms with E-state index in [0.29, 0.717) is 16.7 Å². The van der Waals surface area contributed by atoms with Gasteiger partial charge >= 0.3 is 5.97 Å². The number of benzene rings is 2. The van der Waals surface area contributed by atoms with Gasteiger partial charge in [-0.3, -0.25) is 0 Å². The van der Waals surface area contributed by atoms with E-state index in [4.69, 9.17) is 11.6 Å². The number of carbonyl (C=O) groups excluding carboxylic acids is 1. The molecule has 0 amide bonds. The van der Waals surface area contributed by atoms with Crippen LogP contribution >= 0.6 is 11.6 Å². The topological polar surface area (TPSA) is 46.5 Å². The first-order chi connectivity index (χ1) is 8.63. The van der Waals surface area contributed by atoms with E-state index in [9.17, 15) is 9.90 Å². The van der Waals surface area contributed by atoms with Crippen LogP contribution in [0.25, 0.3) is 11.1 Å². The van der Waals surface area contributed by atoms with E-state index >= 15 is 0 Å². The van der Waals surface area contributed by atoms with Crippen molar-refractivity contribution in [1.29, 1.82) is 0 Å². The Morgan fingerprint density at radius 3 is 2.67 bits per heavy atom. The Bertz CT molecular complexity index is 593. The molecule has 0 saturated carbocycles. The number of esters is 1. The lowest BCUT2D eigenvalue weighted by molar-refractivity contribution is 0.0601. The summed E-state index contributed by atoms with van der Waals surface area (Å²) in [7, 11) is 1.33. The predicted molar refractivity (Wildman–Crippen MR) is 69.9 cm³/mol. The van der Waals surface area contributed by atoms with Crippen molar-refractivity contribution in [2.45, 2.75) is 0 Å². The molecule has 0 unspecified atom stereocenters. The summed E-state index contributed by atoms with van der Waals surface area (Å²) in [5, 5.41) is 10.2. The zero-order valence-electron chi connectivity index (χ0n) is 9.68. The lowest BCUT2D eigenvalue weighted by Crippen LogP contribution is -2.00. The second kappa shape index (κ2) is 5.10. The number of hydrogen-bond donors (Lipinski definition) is 1. The summed E-state index contributed by atoms with van der Waals surface area (Å²) in [4.78, 5) is 11.4. The number of para-hydroxylation sites is 1. The maximum atomic E-state index is 11.4. The second-order valence-electron chi connectivity index (χ2n) is 3.71. The molecular weight excluding hydrogens is 252 g/mol. The van der Waals surface area contributed by atoms with Crippen molar-refractivity contribution in [3.63, 3.8) is 0 Å². The van der Waals surface area contributed by atoms with E-state index in [1.165, 1.54) is 7.11 Å². The fraction of sp³-hybridized carbons (Fsp3) is 0.0714. The normalized spacial score (nSPS) is 10.1. The average molecular weight is 263 g/mol. The van der Waals surface area contributed by atoms with E-state index in [1.54, 1.807) is 42.5 Å². The van der Waals surface area contributed by atoms with Crippen molar-refractivity contribution in [3.05, 3.63) is 53.1 Å². The lowest BCUT2D eigenvalue weighted by Gasteiger charge is -2.07. The Kier molecular flexibility index (Phi) is 3.53. The number of phenols is 1. The van der Waals surface area contributed by atoms with Crippen molar-refractivity contribution < 1.29 is 14.6 Å². The van der Waals surface area contributed by atoms with Crippen LogP contribution in [0, 0.1) is 0 Å². The first-order valence-electron chi connectivity index (χ1n) is 5.29. The molecule has 0 atom stereocenters. The van der Waals surface area contributed by atoms with Crippen LogP contribution in [0.3, 0.4) is 0 Å². The maximum Gasteiger partial charge on any atom is 0.337 e. The largest absolute Gasteiger partial charge is 0.506 e. The summed E-state index contributed by atoms with van der Waals surface area (Å²) in [5.41, 5.74) is 1.71. The smallest absolute Gasteiger partial charge is 0.337 e. The molecule has 18 heavy (non-hydrogen) atoms. The number of ether oxygens (including phenoxy) is 1. The maximum absolute atomic E-state index is 11.4. The number of carbonyl (C=O) groups is 1. The zero-order valence-corrected chi connectivity index (χ0v) is 10.4. The van der Waals surface area contributed by atoms with Crippen LogP contribution in [0.4, 0.5) is 0 Å². The standard InChI is InChI=1S/C14H11ClO3/c1-18-14(17)10-5-2-4-9(8-10)11-6-3-7-12(15)13(11)16/h2-8,16H,1H3. The minimum absolute atomic E-state index is 0.00109. The second-order valence-corrected chi connectivity index (χ2v) is 4.12. The van der Waals surface area contributed by atoms with Gasteiger partial charge in [0.15, 0.2) is 0 Å². The summed E-state index contributed by atoms with van der Waals surface area (Å²) >= 11 is 5.85. The number of rotatable bonds is 2. The van der Waals surface area contributed by atoms with Crippen molar-refractivity contribution in [1.82, 2.24) is 0 Å². The van der Waals surface area contributed by atoms with Gasteiger partial charge in [0.1, 0.15) is 5.75 Å². The van der Waals surface area contributed by atoms with E-state index < -0.39 is 5.97 Å². The van der Waals surface area contributed by atoms with Gasteiger partial charge in [0, 0.05) is 5.56 Å². The predicted octanol–water partition coefficient (Wildman–Crippen LogP) is 3.50. The molecule has 0 heterocycles. The van der Waals surface area contributed by atoms with Gasteiger partial charge in [0.25, 0.3) is 0 Å². The van der Waals surface area contributed by atoms with Gasteiger partial charge in [-0.15, -0.1) is 0 Å². The highest BCUT2D eigenvalue weighted by Gasteiger charge is 2.10. The third-order valence-corrected chi connectivity index (χ3v) is 2.89. The molecule has 0 radical (unpaired) electrons. The summed E-state index contributed by atoms with van der Waals surface area (Å²) in [5.74, 6) is -0.417. The molecule has 0 fully saturated rings. The summed E-state index contributed by atoms with van der Waals surface area (Å²) in [6, 6.07) is 11.9. The van der Waals surface area contributed by atoms with Crippen molar-refractivity contribution >= 4 is 17.6 Å². The summed E-state index contributed by atoms with van der Waals surface area (Å²) < 4.78 is 4.65. The highest BCUT2D eigenvalue weighted by Crippen LogP contribution is 2.35. The molecule has 0 spiro atoms. The Morgan fingerprint density at radius 2 is 1.94 bits per heavy atom. The summed E-state index contributed by atoms with van der Waals surface area (Å²) in [6.07, 6.45) is 0. The van der Waals surface area contributed by atoms with Gasteiger partial charge in [-0.05, 0) is 23.8 Å². The molecule has 3 nitrogen and oxygen atoms in total. The third-order valence-electron chi connectivity index (χ3n) is 2.58. The van der Waals surface area contributed by atoms with E-state index in [2.05, 4.69) is 4.74 Å². The number of methoxy groups -OCH3 is 1. The molecule has 2 rings (SSSR count). The molecule has 0 aliphatic rings. The Morgan fingerprint density at radius 1 is 1.22 bits per heavy atom. The minimum atomic E-state index is -0.418. The number of phenolic OH excluding ortho intramolecular Hbond substituents is 1. The molecule has 0 aliphatic carbocycles. The van der Waals surface area contributed by atoms with Gasteiger partial charge in [-0.25, -0.2) is 4.79 Å².